The summed E-state index contributed by atoms with van der Waals surface area (Å²) in [7, 11) is 0. The summed E-state index contributed by atoms with van der Waals surface area (Å²) in [6, 6.07) is 10.8. The molecule has 5 heteroatoms. The van der Waals surface area contributed by atoms with E-state index in [-0.39, 0.29) is 11.4 Å². The predicted octanol–water partition coefficient (Wildman–Crippen LogP) is 3.12. The van der Waals surface area contributed by atoms with Crippen LogP contribution in [-0.2, 0) is 0 Å². The maximum atomic E-state index is 11.2. The van der Waals surface area contributed by atoms with Gasteiger partial charge in [-0.1, -0.05) is 30.3 Å². The fourth-order valence-corrected chi connectivity index (χ4v) is 2.16. The second-order valence-electron chi connectivity index (χ2n) is 4.73. The maximum absolute atomic E-state index is 11.2. The summed E-state index contributed by atoms with van der Waals surface area (Å²) >= 11 is 0. The van der Waals surface area contributed by atoms with Gasteiger partial charge in [-0.25, -0.2) is 4.98 Å². The van der Waals surface area contributed by atoms with E-state index in [0.717, 1.165) is 24.1 Å². The summed E-state index contributed by atoms with van der Waals surface area (Å²) in [4.78, 5) is 15.2. The molecule has 1 saturated carbocycles. The standard InChI is InChI=1S/C14H13N3O2/c15-11-8-12(9-6-7-9)16-13(14(11)17(18)19)10-4-2-1-3-5-10/h1-5,8-9H,6-7H2,(H2,15,16). The molecule has 1 aliphatic carbocycles. The van der Waals surface area contributed by atoms with E-state index < -0.39 is 4.92 Å². The SMILES string of the molecule is Nc1cc(C2CC2)nc(-c2ccccc2)c1[N+](=O)[O-]. The Morgan fingerprint density at radius 2 is 1.95 bits per heavy atom. The molecule has 1 heterocycles. The van der Waals surface area contributed by atoms with Gasteiger partial charge in [0.2, 0.25) is 0 Å². The molecule has 1 aromatic heterocycles. The first kappa shape index (κ1) is 11.6. The second kappa shape index (κ2) is 4.35. The van der Waals surface area contributed by atoms with Crippen molar-refractivity contribution in [2.75, 3.05) is 5.73 Å². The third kappa shape index (κ3) is 2.14. The van der Waals surface area contributed by atoms with Gasteiger partial charge in [-0.3, -0.25) is 10.1 Å². The molecule has 1 aromatic carbocycles. The monoisotopic (exact) mass is 255 g/mol. The van der Waals surface area contributed by atoms with Crippen molar-refractivity contribution in [3.63, 3.8) is 0 Å². The van der Waals surface area contributed by atoms with Gasteiger partial charge in [0, 0.05) is 17.2 Å². The number of nitro groups is 1. The first-order chi connectivity index (χ1) is 9.16. The fraction of sp³-hybridized carbons (Fsp3) is 0.214. The lowest BCUT2D eigenvalue weighted by molar-refractivity contribution is -0.383. The molecule has 2 aromatic rings. The third-order valence-corrected chi connectivity index (χ3v) is 3.27. The zero-order chi connectivity index (χ0) is 13.4. The number of pyridine rings is 1. The number of nitrogens with zero attached hydrogens (tertiary/aromatic N) is 2. The van der Waals surface area contributed by atoms with Crippen LogP contribution in [0.1, 0.15) is 24.5 Å². The van der Waals surface area contributed by atoms with Gasteiger partial charge in [0.25, 0.3) is 0 Å². The molecular formula is C14H13N3O2. The topological polar surface area (TPSA) is 82.0 Å². The molecule has 0 radical (unpaired) electrons. The summed E-state index contributed by atoms with van der Waals surface area (Å²) < 4.78 is 0. The van der Waals surface area contributed by atoms with Crippen molar-refractivity contribution in [3.05, 3.63) is 52.2 Å². The molecule has 0 aliphatic heterocycles. The van der Waals surface area contributed by atoms with E-state index in [1.54, 1.807) is 6.07 Å². The summed E-state index contributed by atoms with van der Waals surface area (Å²) in [5, 5.41) is 11.2. The first-order valence-electron chi connectivity index (χ1n) is 6.17. The van der Waals surface area contributed by atoms with E-state index in [9.17, 15) is 10.1 Å². The van der Waals surface area contributed by atoms with Crippen molar-refractivity contribution in [2.45, 2.75) is 18.8 Å². The average molecular weight is 255 g/mol. The quantitative estimate of drug-likeness (QED) is 0.674. The molecule has 0 amide bonds. The lowest BCUT2D eigenvalue weighted by atomic mass is 10.1. The third-order valence-electron chi connectivity index (χ3n) is 3.27. The Morgan fingerprint density at radius 1 is 1.26 bits per heavy atom. The highest BCUT2D eigenvalue weighted by atomic mass is 16.6. The molecule has 5 nitrogen and oxygen atoms in total. The van der Waals surface area contributed by atoms with E-state index in [1.165, 1.54) is 0 Å². The van der Waals surface area contributed by atoms with Crippen molar-refractivity contribution < 1.29 is 4.92 Å². The van der Waals surface area contributed by atoms with Crippen molar-refractivity contribution >= 4 is 11.4 Å². The van der Waals surface area contributed by atoms with Gasteiger partial charge < -0.3 is 5.73 Å². The van der Waals surface area contributed by atoms with Crippen LogP contribution in [0.4, 0.5) is 11.4 Å². The Labute approximate surface area is 110 Å². The van der Waals surface area contributed by atoms with Gasteiger partial charge in [-0.05, 0) is 18.9 Å². The number of aromatic nitrogens is 1. The molecule has 0 unspecified atom stereocenters. The molecular weight excluding hydrogens is 242 g/mol. The van der Waals surface area contributed by atoms with Crippen LogP contribution in [0.15, 0.2) is 36.4 Å². The molecule has 96 valence electrons. The van der Waals surface area contributed by atoms with E-state index in [4.69, 9.17) is 5.73 Å². The molecule has 3 rings (SSSR count). The predicted molar refractivity (Wildman–Crippen MR) is 72.7 cm³/mol. The summed E-state index contributed by atoms with van der Waals surface area (Å²) in [6.07, 6.45) is 2.16. The van der Waals surface area contributed by atoms with Crippen molar-refractivity contribution in [3.8, 4) is 11.3 Å². The lowest BCUT2D eigenvalue weighted by Gasteiger charge is -2.07. The molecule has 0 spiro atoms. The molecule has 0 saturated heterocycles. The van der Waals surface area contributed by atoms with Crippen molar-refractivity contribution in [1.29, 1.82) is 0 Å². The van der Waals surface area contributed by atoms with Crippen LogP contribution in [-0.4, -0.2) is 9.91 Å². The van der Waals surface area contributed by atoms with Gasteiger partial charge in [0.1, 0.15) is 5.69 Å². The number of rotatable bonds is 3. The fourth-order valence-electron chi connectivity index (χ4n) is 2.16. The zero-order valence-electron chi connectivity index (χ0n) is 10.2. The van der Waals surface area contributed by atoms with Crippen LogP contribution in [0, 0.1) is 10.1 Å². The van der Waals surface area contributed by atoms with Gasteiger partial charge in [-0.2, -0.15) is 0 Å². The number of hydrogen-bond acceptors (Lipinski definition) is 4. The van der Waals surface area contributed by atoms with Crippen LogP contribution in [0.2, 0.25) is 0 Å². The first-order valence-corrected chi connectivity index (χ1v) is 6.17. The molecule has 0 bridgehead atoms. The smallest absolute Gasteiger partial charge is 0.318 e. The van der Waals surface area contributed by atoms with E-state index >= 15 is 0 Å². The minimum Gasteiger partial charge on any atom is -0.393 e. The maximum Gasteiger partial charge on any atom is 0.318 e. The van der Waals surface area contributed by atoms with Crippen LogP contribution in [0.5, 0.6) is 0 Å². The minimum atomic E-state index is -0.457. The molecule has 0 atom stereocenters. The van der Waals surface area contributed by atoms with Gasteiger partial charge >= 0.3 is 5.69 Å². The van der Waals surface area contributed by atoms with Crippen LogP contribution < -0.4 is 5.73 Å². The summed E-state index contributed by atoms with van der Waals surface area (Å²) in [6.45, 7) is 0. The Kier molecular flexibility index (Phi) is 2.67. The van der Waals surface area contributed by atoms with E-state index in [0.29, 0.717) is 11.6 Å². The largest absolute Gasteiger partial charge is 0.393 e. The Balaban J connectivity index is 2.22. The Morgan fingerprint density at radius 3 is 2.53 bits per heavy atom. The number of nitrogen functional groups attached to an aromatic ring is 1. The van der Waals surface area contributed by atoms with Crippen LogP contribution in [0.25, 0.3) is 11.3 Å². The van der Waals surface area contributed by atoms with Crippen molar-refractivity contribution in [2.24, 2.45) is 0 Å². The highest BCUT2D eigenvalue weighted by molar-refractivity contribution is 5.78. The number of hydrogen-bond donors (Lipinski definition) is 1. The molecule has 19 heavy (non-hydrogen) atoms. The van der Waals surface area contributed by atoms with Crippen LogP contribution in [0.3, 0.4) is 0 Å². The van der Waals surface area contributed by atoms with Gasteiger partial charge in [-0.15, -0.1) is 0 Å². The highest BCUT2D eigenvalue weighted by Gasteiger charge is 2.29. The van der Waals surface area contributed by atoms with E-state index in [1.807, 2.05) is 30.3 Å². The van der Waals surface area contributed by atoms with E-state index in [2.05, 4.69) is 4.98 Å². The van der Waals surface area contributed by atoms with Gasteiger partial charge in [0.15, 0.2) is 5.69 Å². The van der Waals surface area contributed by atoms with Gasteiger partial charge in [0.05, 0.1) is 4.92 Å². The lowest BCUT2D eigenvalue weighted by Crippen LogP contribution is -2.03. The minimum absolute atomic E-state index is 0.101. The number of anilines is 1. The summed E-state index contributed by atoms with van der Waals surface area (Å²) in [5.41, 5.74) is 7.89. The normalized spacial score (nSPS) is 14.3. The average Bonchev–Trinajstić information content (AvgIpc) is 3.22. The Bertz CT molecular complexity index is 637. The Hall–Kier alpha value is -2.43. The second-order valence-corrected chi connectivity index (χ2v) is 4.73. The highest BCUT2D eigenvalue weighted by Crippen LogP contribution is 2.43. The molecule has 2 N–H and O–H groups in total. The zero-order valence-corrected chi connectivity index (χ0v) is 10.2. The molecule has 1 fully saturated rings. The van der Waals surface area contributed by atoms with Crippen molar-refractivity contribution in [1.82, 2.24) is 4.98 Å². The molecule has 1 aliphatic rings. The van der Waals surface area contributed by atoms with Crippen LogP contribution >= 0.6 is 0 Å². The number of nitrogens with two attached hydrogens (primary N) is 1. The number of benzene rings is 1. The summed E-state index contributed by atoms with van der Waals surface area (Å²) in [5.74, 6) is 0.408.